The highest BCUT2D eigenvalue weighted by Gasteiger charge is 2.21. The van der Waals surface area contributed by atoms with Gasteiger partial charge in [-0.3, -0.25) is 0 Å². The van der Waals surface area contributed by atoms with E-state index in [0.717, 1.165) is 30.9 Å². The largest absolute Gasteiger partial charge is 0.478 e. The third kappa shape index (κ3) is 2.67. The summed E-state index contributed by atoms with van der Waals surface area (Å²) in [6, 6.07) is 2.49. The van der Waals surface area contributed by atoms with Gasteiger partial charge < -0.3 is 5.11 Å². The minimum absolute atomic E-state index is 0.192. The van der Waals surface area contributed by atoms with Gasteiger partial charge in [0.1, 0.15) is 0 Å². The maximum absolute atomic E-state index is 13.9. The third-order valence-electron chi connectivity index (χ3n) is 3.76. The van der Waals surface area contributed by atoms with Crippen molar-refractivity contribution >= 4 is 11.5 Å². The molecule has 0 heterocycles. The van der Waals surface area contributed by atoms with Gasteiger partial charge in [-0.2, -0.15) is 0 Å². The van der Waals surface area contributed by atoms with Gasteiger partial charge in [0.15, 0.2) is 11.6 Å². The van der Waals surface area contributed by atoms with Crippen molar-refractivity contribution in [3.63, 3.8) is 0 Å². The number of allylic oxidation sites excluding steroid dienone is 2. The summed E-state index contributed by atoms with van der Waals surface area (Å²) in [6.07, 6.45) is 5.56. The van der Waals surface area contributed by atoms with Crippen LogP contribution in [0, 0.1) is 17.6 Å². The summed E-state index contributed by atoms with van der Waals surface area (Å²) >= 11 is 0. The van der Waals surface area contributed by atoms with E-state index in [9.17, 15) is 13.6 Å². The molecule has 0 saturated carbocycles. The van der Waals surface area contributed by atoms with E-state index in [0.29, 0.717) is 12.3 Å². The Morgan fingerprint density at radius 3 is 2.63 bits per heavy atom. The quantitative estimate of drug-likeness (QED) is 0.887. The monoisotopic (exact) mass is 266 g/mol. The topological polar surface area (TPSA) is 37.3 Å². The van der Waals surface area contributed by atoms with Gasteiger partial charge in [0.25, 0.3) is 0 Å². The van der Waals surface area contributed by atoms with Crippen molar-refractivity contribution < 1.29 is 18.7 Å². The van der Waals surface area contributed by atoms with Gasteiger partial charge in [-0.1, -0.05) is 25.5 Å². The Bertz CT molecular complexity index is 535. The van der Waals surface area contributed by atoms with Crippen LogP contribution in [0.3, 0.4) is 0 Å². The zero-order chi connectivity index (χ0) is 14.0. The number of carboxylic acids is 1. The summed E-state index contributed by atoms with van der Waals surface area (Å²) in [4.78, 5) is 10.7. The molecular weight excluding hydrogens is 250 g/mol. The molecule has 0 amide bonds. The molecule has 1 aliphatic carbocycles. The number of hydrogen-bond acceptors (Lipinski definition) is 1. The van der Waals surface area contributed by atoms with Crippen LogP contribution < -0.4 is 0 Å². The highest BCUT2D eigenvalue weighted by Crippen LogP contribution is 2.33. The molecule has 0 aliphatic heterocycles. The van der Waals surface area contributed by atoms with Crippen LogP contribution in [0.15, 0.2) is 18.2 Å². The minimum Gasteiger partial charge on any atom is -0.478 e. The zero-order valence-corrected chi connectivity index (χ0v) is 10.7. The summed E-state index contributed by atoms with van der Waals surface area (Å²) in [5.74, 6) is -3.17. The Morgan fingerprint density at radius 1 is 1.37 bits per heavy atom. The Balaban J connectivity index is 2.35. The molecule has 1 unspecified atom stereocenters. The lowest BCUT2D eigenvalue weighted by molar-refractivity contribution is 0.0690. The lowest BCUT2D eigenvalue weighted by Crippen LogP contribution is -2.08. The van der Waals surface area contributed by atoms with Crippen LogP contribution in [0.5, 0.6) is 0 Å². The summed E-state index contributed by atoms with van der Waals surface area (Å²) < 4.78 is 27.5. The number of hydrogen-bond donors (Lipinski definition) is 1. The Hall–Kier alpha value is -1.71. The summed E-state index contributed by atoms with van der Waals surface area (Å²) in [7, 11) is 0. The molecule has 2 rings (SSSR count). The van der Waals surface area contributed by atoms with Crippen molar-refractivity contribution in [3.8, 4) is 0 Å². The average Bonchev–Trinajstić information content (AvgIpc) is 2.41. The van der Waals surface area contributed by atoms with Crippen molar-refractivity contribution in [1.29, 1.82) is 0 Å². The maximum Gasteiger partial charge on any atom is 0.338 e. The normalized spacial score (nSPS) is 19.1. The van der Waals surface area contributed by atoms with E-state index in [2.05, 4.69) is 6.92 Å². The lowest BCUT2D eigenvalue weighted by atomic mass is 9.85. The number of halogens is 2. The van der Waals surface area contributed by atoms with Crippen molar-refractivity contribution in [3.05, 3.63) is 41.0 Å². The first-order chi connectivity index (χ1) is 9.04. The van der Waals surface area contributed by atoms with Gasteiger partial charge in [-0.25, -0.2) is 13.6 Å². The Morgan fingerprint density at radius 2 is 2.11 bits per heavy atom. The average molecular weight is 266 g/mol. The van der Waals surface area contributed by atoms with Crippen LogP contribution in [-0.2, 0) is 0 Å². The smallest absolute Gasteiger partial charge is 0.338 e. The Kier molecular flexibility index (Phi) is 3.98. The fourth-order valence-corrected chi connectivity index (χ4v) is 2.47. The van der Waals surface area contributed by atoms with Crippen molar-refractivity contribution in [1.82, 2.24) is 0 Å². The highest BCUT2D eigenvalue weighted by molar-refractivity contribution is 5.88. The second-order valence-corrected chi connectivity index (χ2v) is 4.87. The molecule has 2 nitrogen and oxygen atoms in total. The predicted octanol–water partition coefficient (Wildman–Crippen LogP) is 4.26. The van der Waals surface area contributed by atoms with Gasteiger partial charge in [-0.15, -0.1) is 0 Å². The van der Waals surface area contributed by atoms with Crippen molar-refractivity contribution in [2.75, 3.05) is 0 Å². The second kappa shape index (κ2) is 5.51. The number of carbonyl (C=O) groups is 1. The molecule has 0 fully saturated rings. The van der Waals surface area contributed by atoms with Crippen LogP contribution in [-0.4, -0.2) is 11.1 Å². The number of aromatic carboxylic acids is 1. The molecule has 1 aliphatic rings. The first-order valence-corrected chi connectivity index (χ1v) is 6.45. The van der Waals surface area contributed by atoms with Crippen molar-refractivity contribution in [2.24, 2.45) is 5.92 Å². The predicted molar refractivity (Wildman–Crippen MR) is 68.9 cm³/mol. The third-order valence-corrected chi connectivity index (χ3v) is 3.76. The van der Waals surface area contributed by atoms with Crippen molar-refractivity contribution in [2.45, 2.75) is 32.6 Å². The standard InChI is InChI=1S/C15H16F2O2/c1-2-9-3-5-10(6-4-9)11-7-8-12(15(18)19)14(17)13(11)16/h5,7-9H,2-4,6H2,1H3,(H,18,19). The fourth-order valence-electron chi connectivity index (χ4n) is 2.47. The summed E-state index contributed by atoms with van der Waals surface area (Å²) in [5, 5.41) is 8.74. The SMILES string of the molecule is CCC1CC=C(c2ccc(C(=O)O)c(F)c2F)CC1. The first kappa shape index (κ1) is 13.7. The second-order valence-electron chi connectivity index (χ2n) is 4.87. The maximum atomic E-state index is 13.9. The van der Waals surface area contributed by atoms with Gasteiger partial charge in [0.2, 0.25) is 0 Å². The molecular formula is C15H16F2O2. The summed E-state index contributed by atoms with van der Waals surface area (Å²) in [5.41, 5.74) is 0.346. The van der Waals surface area contributed by atoms with E-state index in [1.165, 1.54) is 6.07 Å². The molecule has 1 N–H and O–H groups in total. The molecule has 19 heavy (non-hydrogen) atoms. The molecule has 0 spiro atoms. The van der Waals surface area contributed by atoms with Crippen LogP contribution >= 0.6 is 0 Å². The van der Waals surface area contributed by atoms with Crippen LogP contribution in [0.1, 0.15) is 48.5 Å². The number of benzene rings is 1. The summed E-state index contributed by atoms with van der Waals surface area (Å²) in [6.45, 7) is 2.12. The van der Waals surface area contributed by atoms with Gasteiger partial charge >= 0.3 is 5.97 Å². The van der Waals surface area contributed by atoms with Gasteiger partial charge in [0.05, 0.1) is 5.56 Å². The molecule has 0 saturated heterocycles. The molecule has 0 bridgehead atoms. The van der Waals surface area contributed by atoms with Crippen LogP contribution in [0.25, 0.3) is 5.57 Å². The molecule has 102 valence electrons. The van der Waals surface area contributed by atoms with Gasteiger partial charge in [0, 0.05) is 5.56 Å². The highest BCUT2D eigenvalue weighted by atomic mass is 19.2. The molecule has 0 radical (unpaired) electrons. The van der Waals surface area contributed by atoms with E-state index in [1.807, 2.05) is 6.08 Å². The van der Waals surface area contributed by atoms with Gasteiger partial charge in [-0.05, 0) is 36.8 Å². The van der Waals surface area contributed by atoms with E-state index in [4.69, 9.17) is 5.11 Å². The van der Waals surface area contributed by atoms with E-state index < -0.39 is 23.2 Å². The van der Waals surface area contributed by atoms with E-state index >= 15 is 0 Å². The molecule has 1 aromatic carbocycles. The zero-order valence-electron chi connectivity index (χ0n) is 10.7. The molecule has 1 atom stereocenters. The number of rotatable bonds is 3. The molecule has 1 aromatic rings. The Labute approximate surface area is 110 Å². The van der Waals surface area contributed by atoms with E-state index in [1.54, 1.807) is 0 Å². The molecule has 0 aromatic heterocycles. The van der Waals surface area contributed by atoms with E-state index in [-0.39, 0.29) is 5.56 Å². The fraction of sp³-hybridized carbons (Fsp3) is 0.400. The minimum atomic E-state index is -1.45. The van der Waals surface area contributed by atoms with Crippen LogP contribution in [0.4, 0.5) is 8.78 Å². The lowest BCUT2D eigenvalue weighted by Gasteiger charge is -2.21. The molecule has 4 heteroatoms. The van der Waals surface area contributed by atoms with Crippen LogP contribution in [0.2, 0.25) is 0 Å². The number of carboxylic acid groups (broad SMARTS) is 1. The first-order valence-electron chi connectivity index (χ1n) is 6.45.